The molecule has 0 amide bonds. The number of aromatic hydroxyl groups is 1. The molecule has 0 atom stereocenters. The molecule has 2 rings (SSSR count). The molecule has 0 aromatic heterocycles. The quantitative estimate of drug-likeness (QED) is 0.854. The van der Waals surface area contributed by atoms with E-state index in [2.05, 4.69) is 0 Å². The molecule has 3 heteroatoms. The Morgan fingerprint density at radius 2 is 2.00 bits per heavy atom. The predicted molar refractivity (Wildman–Crippen MR) is 72.5 cm³/mol. The molecule has 0 spiro atoms. The minimum absolute atomic E-state index is 0.153. The molecule has 0 unspecified atom stereocenters. The average Bonchev–Trinajstić information content (AvgIpc) is 2.36. The molecule has 18 heavy (non-hydrogen) atoms. The van der Waals surface area contributed by atoms with Crippen molar-refractivity contribution in [3.05, 3.63) is 63.7 Å². The lowest BCUT2D eigenvalue weighted by atomic mass is 9.99. The Morgan fingerprint density at radius 1 is 1.28 bits per heavy atom. The highest BCUT2D eigenvalue weighted by Crippen LogP contribution is 2.29. The van der Waals surface area contributed by atoms with E-state index >= 15 is 0 Å². The summed E-state index contributed by atoms with van der Waals surface area (Å²) in [4.78, 5) is 10.8. The monoisotopic (exact) mass is 260 g/mol. The van der Waals surface area contributed by atoms with E-state index in [-0.39, 0.29) is 16.3 Å². The standard InChI is InChI=1S/C15H13ClO2/c1-10-4-2-3-5-12(10)6-11-7-13(9-17)15(18)14(16)8-11/h2-5,7-9,18H,6H2,1H3. The summed E-state index contributed by atoms with van der Waals surface area (Å²) in [6.07, 6.45) is 1.30. The van der Waals surface area contributed by atoms with Gasteiger partial charge in [-0.05, 0) is 42.2 Å². The minimum Gasteiger partial charge on any atom is -0.506 e. The summed E-state index contributed by atoms with van der Waals surface area (Å²) >= 11 is 5.89. The first-order chi connectivity index (χ1) is 8.61. The van der Waals surface area contributed by atoms with Gasteiger partial charge in [0.1, 0.15) is 5.75 Å². The maximum Gasteiger partial charge on any atom is 0.153 e. The van der Waals surface area contributed by atoms with Gasteiger partial charge < -0.3 is 5.11 Å². The van der Waals surface area contributed by atoms with Gasteiger partial charge in [0.15, 0.2) is 6.29 Å². The highest BCUT2D eigenvalue weighted by Gasteiger charge is 2.09. The van der Waals surface area contributed by atoms with E-state index in [4.69, 9.17) is 11.6 Å². The summed E-state index contributed by atoms with van der Waals surface area (Å²) in [5.74, 6) is -0.153. The largest absolute Gasteiger partial charge is 0.506 e. The number of aryl methyl sites for hydroxylation is 1. The number of aldehydes is 1. The number of phenols is 1. The first-order valence-corrected chi connectivity index (χ1v) is 6.00. The van der Waals surface area contributed by atoms with E-state index in [0.29, 0.717) is 12.7 Å². The SMILES string of the molecule is Cc1ccccc1Cc1cc(Cl)c(O)c(C=O)c1. The third kappa shape index (κ3) is 2.54. The molecule has 0 saturated heterocycles. The number of phenolic OH excluding ortho intramolecular Hbond substituents is 1. The van der Waals surface area contributed by atoms with E-state index in [1.807, 2.05) is 31.2 Å². The first-order valence-electron chi connectivity index (χ1n) is 5.63. The number of hydrogen-bond acceptors (Lipinski definition) is 2. The number of hydrogen-bond donors (Lipinski definition) is 1. The molecule has 2 nitrogen and oxygen atoms in total. The van der Waals surface area contributed by atoms with Gasteiger partial charge in [0.2, 0.25) is 0 Å². The Hall–Kier alpha value is -1.80. The van der Waals surface area contributed by atoms with Crippen LogP contribution in [0.15, 0.2) is 36.4 Å². The minimum atomic E-state index is -0.153. The maximum atomic E-state index is 10.8. The number of rotatable bonds is 3. The molecule has 0 fully saturated rings. The van der Waals surface area contributed by atoms with Crippen molar-refractivity contribution >= 4 is 17.9 Å². The van der Waals surface area contributed by atoms with Gasteiger partial charge in [-0.1, -0.05) is 35.9 Å². The zero-order chi connectivity index (χ0) is 13.1. The number of carbonyl (C=O) groups is 1. The Morgan fingerprint density at radius 3 is 2.67 bits per heavy atom. The molecular weight excluding hydrogens is 248 g/mol. The van der Waals surface area contributed by atoms with Crippen LogP contribution in [0.1, 0.15) is 27.0 Å². The van der Waals surface area contributed by atoms with Crippen LogP contribution in [-0.4, -0.2) is 11.4 Å². The Labute approximate surface area is 111 Å². The maximum absolute atomic E-state index is 10.8. The van der Waals surface area contributed by atoms with E-state index in [1.54, 1.807) is 12.1 Å². The third-order valence-electron chi connectivity index (χ3n) is 2.94. The van der Waals surface area contributed by atoms with Gasteiger partial charge in [-0.2, -0.15) is 0 Å². The lowest BCUT2D eigenvalue weighted by Gasteiger charge is -2.08. The predicted octanol–water partition coefficient (Wildman–Crippen LogP) is 3.76. The summed E-state index contributed by atoms with van der Waals surface area (Å²) in [5.41, 5.74) is 3.51. The van der Waals surface area contributed by atoms with Crippen LogP contribution >= 0.6 is 11.6 Å². The van der Waals surface area contributed by atoms with Crippen molar-refractivity contribution in [3.8, 4) is 5.75 Å². The lowest BCUT2D eigenvalue weighted by molar-refractivity contribution is 0.112. The molecule has 0 bridgehead atoms. The summed E-state index contributed by atoms with van der Waals surface area (Å²) in [6, 6.07) is 11.4. The smallest absolute Gasteiger partial charge is 0.153 e. The zero-order valence-corrected chi connectivity index (χ0v) is 10.7. The van der Waals surface area contributed by atoms with Gasteiger partial charge in [-0.15, -0.1) is 0 Å². The van der Waals surface area contributed by atoms with E-state index in [1.165, 1.54) is 11.1 Å². The van der Waals surface area contributed by atoms with Crippen LogP contribution < -0.4 is 0 Å². The van der Waals surface area contributed by atoms with Gasteiger partial charge in [-0.25, -0.2) is 0 Å². The van der Waals surface area contributed by atoms with Gasteiger partial charge in [0.05, 0.1) is 10.6 Å². The van der Waals surface area contributed by atoms with Crippen LogP contribution in [0.4, 0.5) is 0 Å². The number of benzene rings is 2. The molecule has 0 aliphatic heterocycles. The zero-order valence-electron chi connectivity index (χ0n) is 9.98. The number of halogens is 1. The fraction of sp³-hybridized carbons (Fsp3) is 0.133. The normalized spacial score (nSPS) is 10.3. The third-order valence-corrected chi connectivity index (χ3v) is 3.22. The second-order valence-electron chi connectivity index (χ2n) is 4.24. The van der Waals surface area contributed by atoms with E-state index < -0.39 is 0 Å². The molecule has 92 valence electrons. The molecule has 2 aromatic rings. The fourth-order valence-corrected chi connectivity index (χ4v) is 2.15. The van der Waals surface area contributed by atoms with Gasteiger partial charge in [0, 0.05) is 0 Å². The van der Waals surface area contributed by atoms with Crippen LogP contribution in [-0.2, 0) is 6.42 Å². The van der Waals surface area contributed by atoms with Gasteiger partial charge >= 0.3 is 0 Å². The Kier molecular flexibility index (Phi) is 3.68. The summed E-state index contributed by atoms with van der Waals surface area (Å²) in [6.45, 7) is 2.04. The molecule has 0 aliphatic carbocycles. The van der Waals surface area contributed by atoms with E-state index in [9.17, 15) is 9.90 Å². The van der Waals surface area contributed by atoms with Crippen molar-refractivity contribution in [2.75, 3.05) is 0 Å². The van der Waals surface area contributed by atoms with Crippen LogP contribution in [0, 0.1) is 6.92 Å². The molecule has 0 saturated carbocycles. The molecule has 1 N–H and O–H groups in total. The molecule has 0 radical (unpaired) electrons. The molecular formula is C15H13ClO2. The van der Waals surface area contributed by atoms with E-state index in [0.717, 1.165) is 5.56 Å². The Balaban J connectivity index is 2.38. The van der Waals surface area contributed by atoms with Gasteiger partial charge in [0.25, 0.3) is 0 Å². The summed E-state index contributed by atoms with van der Waals surface area (Å²) in [7, 11) is 0. The highest BCUT2D eigenvalue weighted by molar-refractivity contribution is 6.32. The second-order valence-corrected chi connectivity index (χ2v) is 4.64. The van der Waals surface area contributed by atoms with Crippen molar-refractivity contribution in [3.63, 3.8) is 0 Å². The topological polar surface area (TPSA) is 37.3 Å². The van der Waals surface area contributed by atoms with Crippen LogP contribution in [0.5, 0.6) is 5.75 Å². The molecule has 0 aliphatic rings. The van der Waals surface area contributed by atoms with Crippen molar-refractivity contribution in [2.24, 2.45) is 0 Å². The van der Waals surface area contributed by atoms with Crippen molar-refractivity contribution in [2.45, 2.75) is 13.3 Å². The lowest BCUT2D eigenvalue weighted by Crippen LogP contribution is -1.94. The second kappa shape index (κ2) is 5.23. The fourth-order valence-electron chi connectivity index (χ4n) is 1.90. The summed E-state index contributed by atoms with van der Waals surface area (Å²) < 4.78 is 0. The van der Waals surface area contributed by atoms with Crippen molar-refractivity contribution < 1.29 is 9.90 Å². The Bertz CT molecular complexity index is 591. The molecule has 2 aromatic carbocycles. The van der Waals surface area contributed by atoms with Crippen molar-refractivity contribution in [1.29, 1.82) is 0 Å². The molecule has 0 heterocycles. The summed E-state index contributed by atoms with van der Waals surface area (Å²) in [5, 5.41) is 9.79. The van der Waals surface area contributed by atoms with Crippen molar-refractivity contribution in [1.82, 2.24) is 0 Å². The number of carbonyl (C=O) groups excluding carboxylic acids is 1. The highest BCUT2D eigenvalue weighted by atomic mass is 35.5. The van der Waals surface area contributed by atoms with Crippen LogP contribution in [0.2, 0.25) is 5.02 Å². The first kappa shape index (κ1) is 12.7. The average molecular weight is 261 g/mol. The van der Waals surface area contributed by atoms with Crippen LogP contribution in [0.25, 0.3) is 0 Å². The van der Waals surface area contributed by atoms with Gasteiger partial charge in [-0.3, -0.25) is 4.79 Å². The van der Waals surface area contributed by atoms with Crippen LogP contribution in [0.3, 0.4) is 0 Å².